The number of rotatable bonds is 5. The van der Waals surface area contributed by atoms with Crippen molar-refractivity contribution in [2.75, 3.05) is 5.75 Å². The Bertz CT molecular complexity index is 773. The lowest BCUT2D eigenvalue weighted by molar-refractivity contribution is -0.115. The van der Waals surface area contributed by atoms with E-state index in [4.69, 9.17) is 5.73 Å². The number of hydrogen-bond acceptors (Lipinski definition) is 5. The van der Waals surface area contributed by atoms with E-state index in [0.29, 0.717) is 16.7 Å². The summed E-state index contributed by atoms with van der Waals surface area (Å²) in [5.41, 5.74) is 6.83. The average Bonchev–Trinajstić information content (AvgIpc) is 2.98. The van der Waals surface area contributed by atoms with Gasteiger partial charge in [-0.2, -0.15) is 0 Å². The zero-order valence-corrected chi connectivity index (χ0v) is 12.4. The van der Waals surface area contributed by atoms with Crippen LogP contribution >= 0.6 is 11.8 Å². The maximum absolute atomic E-state index is 11.0. The number of carbonyl (C=O) groups excluding carboxylic acids is 1. The first-order valence-corrected chi connectivity index (χ1v) is 7.57. The first-order valence-electron chi connectivity index (χ1n) is 6.59. The molecule has 0 unspecified atom stereocenters. The normalized spacial score (nSPS) is 10.5. The van der Waals surface area contributed by atoms with Crippen LogP contribution < -0.4 is 5.73 Å². The fourth-order valence-corrected chi connectivity index (χ4v) is 2.66. The van der Waals surface area contributed by atoms with Crippen LogP contribution in [0.1, 0.15) is 0 Å². The minimum atomic E-state index is -0.396. The Hall–Kier alpha value is -2.67. The third-order valence-corrected chi connectivity index (χ3v) is 3.84. The molecule has 7 heteroatoms. The minimum Gasteiger partial charge on any atom is -0.369 e. The van der Waals surface area contributed by atoms with Gasteiger partial charge >= 0.3 is 0 Å². The molecule has 0 saturated heterocycles. The predicted octanol–water partition coefficient (Wildman–Crippen LogP) is 1.91. The van der Waals surface area contributed by atoms with E-state index in [1.165, 1.54) is 11.8 Å². The summed E-state index contributed by atoms with van der Waals surface area (Å²) >= 11 is 1.25. The summed E-state index contributed by atoms with van der Waals surface area (Å²) in [7, 11) is 0. The highest BCUT2D eigenvalue weighted by Gasteiger charge is 2.17. The van der Waals surface area contributed by atoms with Gasteiger partial charge in [0, 0.05) is 11.9 Å². The molecule has 22 heavy (non-hydrogen) atoms. The Balaban J connectivity index is 2.09. The summed E-state index contributed by atoms with van der Waals surface area (Å²) in [6, 6.07) is 15.3. The lowest BCUT2D eigenvalue weighted by atomic mass is 10.3. The quantitative estimate of drug-likeness (QED) is 0.727. The molecular weight excluding hydrogens is 298 g/mol. The third kappa shape index (κ3) is 2.99. The van der Waals surface area contributed by atoms with E-state index in [9.17, 15) is 4.79 Å². The number of primary amides is 1. The van der Waals surface area contributed by atoms with Crippen molar-refractivity contribution in [1.29, 1.82) is 0 Å². The van der Waals surface area contributed by atoms with Gasteiger partial charge in [0.2, 0.25) is 5.91 Å². The summed E-state index contributed by atoms with van der Waals surface area (Å²) < 4.78 is 1.87. The molecule has 3 rings (SSSR count). The van der Waals surface area contributed by atoms with E-state index in [-0.39, 0.29) is 5.75 Å². The molecule has 3 aromatic rings. The Labute approximate surface area is 131 Å². The minimum absolute atomic E-state index is 0.146. The SMILES string of the molecule is NC(=O)CSc1nnc(-c2ccccn2)n1-c1ccccc1. The maximum atomic E-state index is 11.0. The maximum Gasteiger partial charge on any atom is 0.227 e. The molecule has 0 atom stereocenters. The zero-order valence-electron chi connectivity index (χ0n) is 11.6. The molecule has 1 aromatic carbocycles. The second-order valence-corrected chi connectivity index (χ2v) is 5.39. The van der Waals surface area contributed by atoms with Crippen molar-refractivity contribution in [2.24, 2.45) is 5.73 Å². The molecule has 1 amide bonds. The molecule has 0 fully saturated rings. The van der Waals surface area contributed by atoms with Gasteiger partial charge in [-0.25, -0.2) is 0 Å². The number of nitrogens with two attached hydrogens (primary N) is 1. The molecule has 0 aliphatic heterocycles. The van der Waals surface area contributed by atoms with Crippen LogP contribution in [0.2, 0.25) is 0 Å². The Kier molecular flexibility index (Phi) is 4.15. The van der Waals surface area contributed by atoms with E-state index in [1.807, 2.05) is 53.1 Å². The molecule has 2 heterocycles. The molecule has 2 aromatic heterocycles. The molecule has 0 aliphatic rings. The predicted molar refractivity (Wildman–Crippen MR) is 84.5 cm³/mol. The average molecular weight is 311 g/mol. The standard InChI is InChI=1S/C15H13N5OS/c16-13(21)10-22-15-19-18-14(12-8-4-5-9-17-12)20(15)11-6-2-1-3-7-11/h1-9H,10H2,(H2,16,21). The fraction of sp³-hybridized carbons (Fsp3) is 0.0667. The number of hydrogen-bond donors (Lipinski definition) is 1. The summed E-state index contributed by atoms with van der Waals surface area (Å²) in [6.45, 7) is 0. The number of para-hydroxylation sites is 1. The number of nitrogens with zero attached hydrogens (tertiary/aromatic N) is 4. The Morgan fingerprint density at radius 1 is 1.09 bits per heavy atom. The Morgan fingerprint density at radius 2 is 1.86 bits per heavy atom. The first kappa shape index (κ1) is 14.3. The molecule has 2 N–H and O–H groups in total. The zero-order chi connectivity index (χ0) is 15.4. The van der Waals surface area contributed by atoms with Crippen LogP contribution in [0, 0.1) is 0 Å². The van der Waals surface area contributed by atoms with Crippen LogP contribution in [0.15, 0.2) is 59.9 Å². The third-order valence-electron chi connectivity index (χ3n) is 2.89. The number of pyridine rings is 1. The van der Waals surface area contributed by atoms with Crippen molar-refractivity contribution in [3.63, 3.8) is 0 Å². The lowest BCUT2D eigenvalue weighted by Gasteiger charge is -2.09. The van der Waals surface area contributed by atoms with Crippen LogP contribution in [-0.4, -0.2) is 31.4 Å². The van der Waals surface area contributed by atoms with Crippen LogP contribution in [0.3, 0.4) is 0 Å². The van der Waals surface area contributed by atoms with E-state index >= 15 is 0 Å². The first-order chi connectivity index (χ1) is 10.8. The van der Waals surface area contributed by atoms with E-state index in [2.05, 4.69) is 15.2 Å². The molecule has 110 valence electrons. The number of benzene rings is 1. The van der Waals surface area contributed by atoms with Crippen LogP contribution in [0.5, 0.6) is 0 Å². The molecular formula is C15H13N5OS. The number of amides is 1. The Morgan fingerprint density at radius 3 is 2.55 bits per heavy atom. The van der Waals surface area contributed by atoms with Gasteiger partial charge in [-0.1, -0.05) is 36.0 Å². The smallest absolute Gasteiger partial charge is 0.227 e. The van der Waals surface area contributed by atoms with Crippen molar-refractivity contribution in [1.82, 2.24) is 19.7 Å². The summed E-state index contributed by atoms with van der Waals surface area (Å²) in [5.74, 6) is 0.374. The summed E-state index contributed by atoms with van der Waals surface area (Å²) in [4.78, 5) is 15.3. The van der Waals surface area contributed by atoms with E-state index < -0.39 is 5.91 Å². The highest BCUT2D eigenvalue weighted by atomic mass is 32.2. The van der Waals surface area contributed by atoms with Crippen LogP contribution in [0.4, 0.5) is 0 Å². The molecule has 0 saturated carbocycles. The van der Waals surface area contributed by atoms with Gasteiger partial charge in [-0.05, 0) is 24.3 Å². The van der Waals surface area contributed by atoms with Gasteiger partial charge < -0.3 is 5.73 Å². The van der Waals surface area contributed by atoms with Gasteiger partial charge in [0.05, 0.1) is 5.75 Å². The van der Waals surface area contributed by atoms with Gasteiger partial charge in [0.15, 0.2) is 11.0 Å². The molecule has 0 radical (unpaired) electrons. The van der Waals surface area contributed by atoms with E-state index in [1.54, 1.807) is 6.20 Å². The molecule has 0 aliphatic carbocycles. The summed E-state index contributed by atoms with van der Waals surface area (Å²) in [6.07, 6.45) is 1.70. The molecule has 6 nitrogen and oxygen atoms in total. The highest BCUT2D eigenvalue weighted by molar-refractivity contribution is 7.99. The van der Waals surface area contributed by atoms with Crippen LogP contribution in [0.25, 0.3) is 17.2 Å². The van der Waals surface area contributed by atoms with Crippen molar-refractivity contribution < 1.29 is 4.79 Å². The van der Waals surface area contributed by atoms with Gasteiger partial charge in [0.1, 0.15) is 5.69 Å². The number of carbonyl (C=O) groups is 1. The van der Waals surface area contributed by atoms with E-state index in [0.717, 1.165) is 5.69 Å². The van der Waals surface area contributed by atoms with Crippen molar-refractivity contribution in [3.05, 3.63) is 54.7 Å². The highest BCUT2D eigenvalue weighted by Crippen LogP contribution is 2.26. The lowest BCUT2D eigenvalue weighted by Crippen LogP contribution is -2.13. The second-order valence-electron chi connectivity index (χ2n) is 4.45. The second kappa shape index (κ2) is 6.40. The van der Waals surface area contributed by atoms with Gasteiger partial charge in [-0.3, -0.25) is 14.3 Å². The van der Waals surface area contributed by atoms with Gasteiger partial charge in [0.25, 0.3) is 0 Å². The van der Waals surface area contributed by atoms with Crippen molar-refractivity contribution >= 4 is 17.7 Å². The molecule has 0 spiro atoms. The van der Waals surface area contributed by atoms with Crippen molar-refractivity contribution in [3.8, 4) is 17.2 Å². The number of thioether (sulfide) groups is 1. The largest absolute Gasteiger partial charge is 0.369 e. The number of aromatic nitrogens is 4. The summed E-state index contributed by atoms with van der Waals surface area (Å²) in [5, 5.41) is 8.99. The monoisotopic (exact) mass is 311 g/mol. The topological polar surface area (TPSA) is 86.7 Å². The molecule has 0 bridgehead atoms. The van der Waals surface area contributed by atoms with Crippen LogP contribution in [-0.2, 0) is 4.79 Å². The van der Waals surface area contributed by atoms with Crippen molar-refractivity contribution in [2.45, 2.75) is 5.16 Å². The van der Waals surface area contributed by atoms with Gasteiger partial charge in [-0.15, -0.1) is 10.2 Å². The fourth-order valence-electron chi connectivity index (χ4n) is 1.97.